The molecule has 116 valence electrons. The van der Waals surface area contributed by atoms with Gasteiger partial charge in [-0.15, -0.1) is 0 Å². The van der Waals surface area contributed by atoms with Gasteiger partial charge in [0.2, 0.25) is 5.95 Å². The minimum Gasteiger partial charge on any atom is -0.350 e. The first-order chi connectivity index (χ1) is 10.2. The van der Waals surface area contributed by atoms with E-state index in [1.807, 2.05) is 13.8 Å². The van der Waals surface area contributed by atoms with Crippen molar-refractivity contribution in [2.24, 2.45) is 0 Å². The second-order valence-electron chi connectivity index (χ2n) is 5.81. The average Bonchev–Trinajstić information content (AvgIpc) is 2.54. The summed E-state index contributed by atoms with van der Waals surface area (Å²) in [7, 11) is 0. The third-order valence-corrected chi connectivity index (χ3v) is 4.25. The third-order valence-electron chi connectivity index (χ3n) is 4.25. The smallest absolute Gasteiger partial charge is 0.254 e. The molecule has 2 atom stereocenters. The van der Waals surface area contributed by atoms with E-state index in [2.05, 4.69) is 27.1 Å². The fourth-order valence-corrected chi connectivity index (χ4v) is 2.68. The van der Waals surface area contributed by atoms with Crippen molar-refractivity contribution >= 4 is 11.9 Å². The van der Waals surface area contributed by atoms with Gasteiger partial charge in [-0.25, -0.2) is 9.97 Å². The molecule has 1 N–H and O–H groups in total. The molecule has 1 aromatic rings. The molecule has 0 aromatic carbocycles. The van der Waals surface area contributed by atoms with Crippen LogP contribution in [0.2, 0.25) is 0 Å². The maximum Gasteiger partial charge on any atom is 0.254 e. The van der Waals surface area contributed by atoms with Crippen molar-refractivity contribution in [1.82, 2.24) is 15.3 Å². The maximum absolute atomic E-state index is 12.0. The number of rotatable bonds is 5. The van der Waals surface area contributed by atoms with Crippen LogP contribution in [-0.2, 0) is 0 Å². The summed E-state index contributed by atoms with van der Waals surface area (Å²) >= 11 is 0. The van der Waals surface area contributed by atoms with Crippen LogP contribution in [0, 0.1) is 0 Å². The summed E-state index contributed by atoms with van der Waals surface area (Å²) in [5.41, 5.74) is 0.532. The van der Waals surface area contributed by atoms with Gasteiger partial charge in [0.05, 0.1) is 5.56 Å². The summed E-state index contributed by atoms with van der Waals surface area (Å²) < 4.78 is 0. The van der Waals surface area contributed by atoms with Gasteiger partial charge in [0, 0.05) is 31.0 Å². The molecule has 1 aromatic heterocycles. The van der Waals surface area contributed by atoms with E-state index in [1.165, 1.54) is 19.3 Å². The molecule has 21 heavy (non-hydrogen) atoms. The van der Waals surface area contributed by atoms with E-state index >= 15 is 0 Å². The molecule has 2 rings (SSSR count). The van der Waals surface area contributed by atoms with E-state index in [4.69, 9.17) is 0 Å². The van der Waals surface area contributed by atoms with Crippen molar-refractivity contribution in [3.63, 3.8) is 0 Å². The van der Waals surface area contributed by atoms with Crippen molar-refractivity contribution in [2.45, 2.75) is 65.0 Å². The Kier molecular flexibility index (Phi) is 5.53. The maximum atomic E-state index is 12.0. The predicted octanol–water partition coefficient (Wildman–Crippen LogP) is 2.77. The van der Waals surface area contributed by atoms with Gasteiger partial charge in [-0.3, -0.25) is 4.79 Å². The van der Waals surface area contributed by atoms with Crippen LogP contribution in [0.1, 0.15) is 63.2 Å². The minimum atomic E-state index is -0.0958. The fourth-order valence-electron chi connectivity index (χ4n) is 2.68. The average molecular weight is 290 g/mol. The number of nitrogens with zero attached hydrogens (tertiary/aromatic N) is 3. The molecule has 0 spiro atoms. The van der Waals surface area contributed by atoms with Crippen LogP contribution < -0.4 is 10.2 Å². The summed E-state index contributed by atoms with van der Waals surface area (Å²) in [6, 6.07) is 0.697. The Morgan fingerprint density at radius 1 is 1.38 bits per heavy atom. The van der Waals surface area contributed by atoms with E-state index in [0.717, 1.165) is 25.3 Å². The molecule has 5 heteroatoms. The van der Waals surface area contributed by atoms with Crippen LogP contribution in [0.5, 0.6) is 0 Å². The Hall–Kier alpha value is -1.65. The van der Waals surface area contributed by atoms with E-state index in [9.17, 15) is 4.79 Å². The van der Waals surface area contributed by atoms with Gasteiger partial charge in [-0.2, -0.15) is 0 Å². The van der Waals surface area contributed by atoms with Crippen molar-refractivity contribution in [1.29, 1.82) is 0 Å². The molecule has 2 heterocycles. The number of piperidine rings is 1. The summed E-state index contributed by atoms with van der Waals surface area (Å²) in [6.45, 7) is 7.26. The fraction of sp³-hybridized carbons (Fsp3) is 0.688. The highest BCUT2D eigenvalue weighted by Crippen LogP contribution is 2.23. The van der Waals surface area contributed by atoms with Gasteiger partial charge in [-0.1, -0.05) is 13.8 Å². The quantitative estimate of drug-likeness (QED) is 0.906. The number of anilines is 1. The summed E-state index contributed by atoms with van der Waals surface area (Å²) in [6.07, 6.45) is 8.98. The second kappa shape index (κ2) is 7.38. The van der Waals surface area contributed by atoms with Gasteiger partial charge in [0.15, 0.2) is 0 Å². The number of hydrogen-bond acceptors (Lipinski definition) is 4. The molecule has 1 fully saturated rings. The normalized spacial score (nSPS) is 20.1. The number of nitrogens with one attached hydrogen (secondary N) is 1. The van der Waals surface area contributed by atoms with Crippen LogP contribution in [0.3, 0.4) is 0 Å². The molecule has 5 nitrogen and oxygen atoms in total. The van der Waals surface area contributed by atoms with Crippen LogP contribution >= 0.6 is 0 Å². The van der Waals surface area contributed by atoms with Gasteiger partial charge < -0.3 is 10.2 Å². The first kappa shape index (κ1) is 15.7. The lowest BCUT2D eigenvalue weighted by molar-refractivity contribution is 0.0938. The van der Waals surface area contributed by atoms with Crippen molar-refractivity contribution < 1.29 is 4.79 Å². The molecular formula is C16H26N4O. The zero-order chi connectivity index (χ0) is 15.2. The monoisotopic (exact) mass is 290 g/mol. The van der Waals surface area contributed by atoms with Gasteiger partial charge >= 0.3 is 0 Å². The Morgan fingerprint density at radius 2 is 2.10 bits per heavy atom. The van der Waals surface area contributed by atoms with Crippen molar-refractivity contribution in [3.05, 3.63) is 18.0 Å². The number of hydrogen-bond donors (Lipinski definition) is 1. The van der Waals surface area contributed by atoms with Crippen LogP contribution in [0.4, 0.5) is 5.95 Å². The molecule has 0 bridgehead atoms. The van der Waals surface area contributed by atoms with E-state index in [-0.39, 0.29) is 11.9 Å². The van der Waals surface area contributed by atoms with E-state index in [1.54, 1.807) is 12.4 Å². The zero-order valence-electron chi connectivity index (χ0n) is 13.3. The molecule has 1 saturated heterocycles. The van der Waals surface area contributed by atoms with Crippen molar-refractivity contribution in [3.8, 4) is 0 Å². The highest BCUT2D eigenvalue weighted by atomic mass is 16.1. The molecule has 0 radical (unpaired) electrons. The summed E-state index contributed by atoms with van der Waals surface area (Å²) in [5.74, 6) is 0.656. The molecule has 0 aliphatic carbocycles. The highest BCUT2D eigenvalue weighted by Gasteiger charge is 2.23. The summed E-state index contributed by atoms with van der Waals surface area (Å²) in [5, 5.41) is 2.93. The molecule has 2 unspecified atom stereocenters. The predicted molar refractivity (Wildman–Crippen MR) is 84.5 cm³/mol. The molecular weight excluding hydrogens is 264 g/mol. The van der Waals surface area contributed by atoms with Crippen molar-refractivity contribution in [2.75, 3.05) is 11.4 Å². The first-order valence-electron chi connectivity index (χ1n) is 8.05. The molecule has 1 aliphatic rings. The lowest BCUT2D eigenvalue weighted by Gasteiger charge is -2.35. The standard InChI is InChI=1S/C16H26N4O/c1-4-12(3)19-15(21)13-10-17-16(18-11-13)20-9-7-6-8-14(20)5-2/h10-12,14H,4-9H2,1-3H3,(H,19,21). The Bertz CT molecular complexity index is 460. The second-order valence-corrected chi connectivity index (χ2v) is 5.81. The lowest BCUT2D eigenvalue weighted by Crippen LogP contribution is -2.40. The SMILES string of the molecule is CCC(C)NC(=O)c1cnc(N2CCCCC2CC)nc1. The van der Waals surface area contributed by atoms with E-state index in [0.29, 0.717) is 11.6 Å². The Morgan fingerprint density at radius 3 is 2.71 bits per heavy atom. The number of aromatic nitrogens is 2. The highest BCUT2D eigenvalue weighted by molar-refractivity contribution is 5.93. The Balaban J connectivity index is 2.05. The Labute approximate surface area is 127 Å². The minimum absolute atomic E-state index is 0.0958. The van der Waals surface area contributed by atoms with Crippen LogP contribution in [0.15, 0.2) is 12.4 Å². The molecule has 1 aliphatic heterocycles. The molecule has 1 amide bonds. The number of carbonyl (C=O) groups excluding carboxylic acids is 1. The topological polar surface area (TPSA) is 58.1 Å². The van der Waals surface area contributed by atoms with Gasteiger partial charge in [0.25, 0.3) is 5.91 Å². The molecule has 0 saturated carbocycles. The zero-order valence-corrected chi connectivity index (χ0v) is 13.3. The number of amides is 1. The van der Waals surface area contributed by atoms with Crippen LogP contribution in [-0.4, -0.2) is 34.5 Å². The van der Waals surface area contributed by atoms with Crippen LogP contribution in [0.25, 0.3) is 0 Å². The van der Waals surface area contributed by atoms with Gasteiger partial charge in [0.1, 0.15) is 0 Å². The van der Waals surface area contributed by atoms with E-state index < -0.39 is 0 Å². The number of carbonyl (C=O) groups is 1. The largest absolute Gasteiger partial charge is 0.350 e. The first-order valence-corrected chi connectivity index (χ1v) is 8.05. The third kappa shape index (κ3) is 3.93. The summed E-state index contributed by atoms with van der Waals surface area (Å²) in [4.78, 5) is 23.1. The van der Waals surface area contributed by atoms with Gasteiger partial charge in [-0.05, 0) is 39.0 Å². The lowest BCUT2D eigenvalue weighted by atomic mass is 10.0.